The molecule has 0 radical (unpaired) electrons. The Kier molecular flexibility index (Phi) is 6.53. The monoisotopic (exact) mass is 442 g/mol. The van der Waals surface area contributed by atoms with Crippen molar-refractivity contribution in [3.63, 3.8) is 0 Å². The summed E-state index contributed by atoms with van der Waals surface area (Å²) >= 11 is 0. The Balaban J connectivity index is 1.81. The fourth-order valence-corrected chi connectivity index (χ4v) is 5.64. The smallest absolute Gasteiger partial charge is 0.0780 e. The molecule has 0 saturated carbocycles. The van der Waals surface area contributed by atoms with Crippen molar-refractivity contribution < 1.29 is 8.97 Å². The largest absolute Gasteiger partial charge is 0.331 e. The molecule has 0 saturated heterocycles. The van der Waals surface area contributed by atoms with Gasteiger partial charge in [-0.15, -0.1) is 0 Å². The predicted molar refractivity (Wildman–Crippen MR) is 142 cm³/mol. The van der Waals surface area contributed by atoms with Crippen molar-refractivity contribution in [2.45, 2.75) is 31.1 Å². The van der Waals surface area contributed by atoms with Crippen LogP contribution in [0.15, 0.2) is 72.8 Å². The van der Waals surface area contributed by atoms with Crippen molar-refractivity contribution in [1.82, 2.24) is 0 Å². The van der Waals surface area contributed by atoms with Gasteiger partial charge in [0.1, 0.15) is 0 Å². The van der Waals surface area contributed by atoms with E-state index in [4.69, 9.17) is 0 Å². The Morgan fingerprint density at radius 3 is 1.70 bits per heavy atom. The molecule has 0 amide bonds. The normalized spacial score (nSPS) is 14.7. The molecular formula is C31H42N2+2. The minimum Gasteiger partial charge on any atom is -0.331 e. The summed E-state index contributed by atoms with van der Waals surface area (Å²) in [4.78, 5) is 0. The summed E-state index contributed by atoms with van der Waals surface area (Å²) in [6, 6.07) is 27.3. The molecule has 0 heterocycles. The first kappa shape index (κ1) is 23.7. The second-order valence-corrected chi connectivity index (χ2v) is 12.0. The van der Waals surface area contributed by atoms with Gasteiger partial charge >= 0.3 is 0 Å². The number of hydrogen-bond donors (Lipinski definition) is 0. The molecule has 0 spiro atoms. The zero-order valence-electron chi connectivity index (χ0n) is 21.6. The van der Waals surface area contributed by atoms with Crippen molar-refractivity contribution in [2.24, 2.45) is 0 Å². The van der Waals surface area contributed by atoms with E-state index in [1.807, 2.05) is 0 Å². The van der Waals surface area contributed by atoms with E-state index < -0.39 is 0 Å². The summed E-state index contributed by atoms with van der Waals surface area (Å²) in [5.41, 5.74) is 8.73. The Morgan fingerprint density at radius 1 is 0.545 bits per heavy atom. The maximum atomic E-state index is 2.52. The van der Waals surface area contributed by atoms with Gasteiger partial charge in [0.05, 0.1) is 55.4 Å². The second-order valence-electron chi connectivity index (χ2n) is 12.0. The number of benzene rings is 3. The summed E-state index contributed by atoms with van der Waals surface area (Å²) < 4.78 is 2.04. The minimum atomic E-state index is 0.0983. The Bertz CT molecular complexity index is 1060. The molecule has 3 aromatic rings. The van der Waals surface area contributed by atoms with Crippen LogP contribution in [0, 0.1) is 0 Å². The zero-order valence-corrected chi connectivity index (χ0v) is 21.6. The van der Waals surface area contributed by atoms with Crippen LogP contribution in [0.4, 0.5) is 0 Å². The first-order valence-corrected chi connectivity index (χ1v) is 12.5. The lowest BCUT2D eigenvalue weighted by molar-refractivity contribution is -0.870. The van der Waals surface area contributed by atoms with E-state index in [1.54, 1.807) is 11.1 Å². The maximum absolute atomic E-state index is 2.52. The van der Waals surface area contributed by atoms with Gasteiger partial charge in [-0.05, 0) is 65.1 Å². The van der Waals surface area contributed by atoms with Crippen LogP contribution < -0.4 is 0 Å². The molecule has 0 N–H and O–H groups in total. The number of rotatable bonds is 9. The summed E-state index contributed by atoms with van der Waals surface area (Å²) in [6.07, 6.45) is 4.89. The summed E-state index contributed by atoms with van der Waals surface area (Å²) in [5.74, 6) is 0. The van der Waals surface area contributed by atoms with Gasteiger partial charge in [-0.2, -0.15) is 0 Å². The van der Waals surface area contributed by atoms with Gasteiger partial charge in [0.25, 0.3) is 0 Å². The molecule has 1 aliphatic rings. The summed E-state index contributed by atoms with van der Waals surface area (Å²) in [7, 11) is 13.9. The first-order chi connectivity index (χ1) is 15.6. The molecule has 2 heteroatoms. The van der Waals surface area contributed by atoms with Crippen LogP contribution >= 0.6 is 0 Å². The second kappa shape index (κ2) is 9.08. The lowest BCUT2D eigenvalue weighted by Crippen LogP contribution is -2.38. The third-order valence-corrected chi connectivity index (χ3v) is 7.24. The van der Waals surface area contributed by atoms with E-state index in [-0.39, 0.29) is 5.41 Å². The molecule has 33 heavy (non-hydrogen) atoms. The zero-order chi connectivity index (χ0) is 23.7. The lowest BCUT2D eigenvalue weighted by Gasteiger charge is -2.35. The van der Waals surface area contributed by atoms with Gasteiger partial charge in [0.15, 0.2) is 0 Å². The molecule has 2 nitrogen and oxygen atoms in total. The van der Waals surface area contributed by atoms with Gasteiger partial charge in [-0.25, -0.2) is 0 Å². The average Bonchev–Trinajstić information content (AvgIpc) is 3.02. The SMILES string of the molecule is C[N+](C)(C)CCCC1(CCC[N+](C)(C)C)c2ccccc2-c2ccc(-c3ccccc3)cc21. The fraction of sp³-hybridized carbons (Fsp3) is 0.419. The number of nitrogens with zero attached hydrogens (tertiary/aromatic N) is 2. The van der Waals surface area contributed by atoms with Crippen molar-refractivity contribution in [3.05, 3.63) is 83.9 Å². The van der Waals surface area contributed by atoms with Crippen LogP contribution in [0.1, 0.15) is 36.8 Å². The van der Waals surface area contributed by atoms with Crippen LogP contribution in [0.5, 0.6) is 0 Å². The minimum absolute atomic E-state index is 0.0983. The molecule has 3 aromatic carbocycles. The molecule has 0 fully saturated rings. The highest BCUT2D eigenvalue weighted by molar-refractivity contribution is 5.83. The van der Waals surface area contributed by atoms with Crippen LogP contribution in [-0.4, -0.2) is 64.3 Å². The van der Waals surface area contributed by atoms with Gasteiger partial charge in [-0.3, -0.25) is 0 Å². The summed E-state index contributed by atoms with van der Waals surface area (Å²) in [5, 5.41) is 0. The number of hydrogen-bond acceptors (Lipinski definition) is 0. The average molecular weight is 443 g/mol. The van der Waals surface area contributed by atoms with E-state index >= 15 is 0 Å². The first-order valence-electron chi connectivity index (χ1n) is 12.5. The Hall–Kier alpha value is -2.42. The summed E-state index contributed by atoms with van der Waals surface area (Å²) in [6.45, 7) is 2.40. The molecule has 4 rings (SSSR count). The van der Waals surface area contributed by atoms with Crippen molar-refractivity contribution >= 4 is 0 Å². The Morgan fingerprint density at radius 2 is 1.09 bits per heavy atom. The van der Waals surface area contributed by atoms with E-state index in [0.29, 0.717) is 0 Å². The van der Waals surface area contributed by atoms with Crippen molar-refractivity contribution in [3.8, 4) is 22.3 Å². The molecule has 0 aliphatic heterocycles. The standard InChI is InChI=1S/C31H42N2/c1-32(2,3)22-12-20-31(21-13-23-33(4,5)6)29-17-11-10-16-27(29)28-19-18-26(24-30(28)31)25-14-8-7-9-15-25/h7-11,14-19,24H,12-13,20-23H2,1-6H3/q+2. The molecule has 0 aromatic heterocycles. The van der Waals surface area contributed by atoms with E-state index in [1.165, 1.54) is 61.0 Å². The van der Waals surface area contributed by atoms with Gasteiger partial charge in [0.2, 0.25) is 0 Å². The van der Waals surface area contributed by atoms with Crippen molar-refractivity contribution in [2.75, 3.05) is 55.4 Å². The maximum Gasteiger partial charge on any atom is 0.0780 e. The van der Waals surface area contributed by atoms with Gasteiger partial charge < -0.3 is 8.97 Å². The van der Waals surface area contributed by atoms with Crippen LogP contribution in [0.3, 0.4) is 0 Å². The van der Waals surface area contributed by atoms with E-state index in [0.717, 1.165) is 8.97 Å². The lowest BCUT2D eigenvalue weighted by atomic mass is 9.71. The molecular weight excluding hydrogens is 400 g/mol. The molecule has 174 valence electrons. The molecule has 0 bridgehead atoms. The van der Waals surface area contributed by atoms with Gasteiger partial charge in [0, 0.05) is 5.41 Å². The quantitative estimate of drug-likeness (QED) is 0.328. The van der Waals surface area contributed by atoms with E-state index in [9.17, 15) is 0 Å². The molecule has 1 aliphatic carbocycles. The van der Waals surface area contributed by atoms with Crippen LogP contribution in [-0.2, 0) is 5.41 Å². The molecule has 0 unspecified atom stereocenters. The van der Waals surface area contributed by atoms with Crippen LogP contribution in [0.2, 0.25) is 0 Å². The highest BCUT2D eigenvalue weighted by atomic mass is 15.3. The topological polar surface area (TPSA) is 0 Å². The third kappa shape index (κ3) is 5.23. The highest BCUT2D eigenvalue weighted by Crippen LogP contribution is 2.54. The van der Waals surface area contributed by atoms with Crippen LogP contribution in [0.25, 0.3) is 22.3 Å². The fourth-order valence-electron chi connectivity index (χ4n) is 5.64. The highest BCUT2D eigenvalue weighted by Gasteiger charge is 2.43. The predicted octanol–water partition coefficient (Wildman–Crippen LogP) is 6.59. The Labute approximate surface area is 201 Å². The number of fused-ring (bicyclic) bond motifs is 3. The van der Waals surface area contributed by atoms with E-state index in [2.05, 4.69) is 115 Å². The van der Waals surface area contributed by atoms with Crippen molar-refractivity contribution in [1.29, 1.82) is 0 Å². The van der Waals surface area contributed by atoms with Gasteiger partial charge in [-0.1, -0.05) is 66.7 Å². The third-order valence-electron chi connectivity index (χ3n) is 7.24. The molecule has 0 atom stereocenters. The number of quaternary nitrogens is 2.